The molecule has 1 heterocycles. The average Bonchev–Trinajstić information content (AvgIpc) is 2.88. The number of carbonyl (C=O) groups is 1. The van der Waals surface area contributed by atoms with Crippen molar-refractivity contribution in [3.05, 3.63) is 127 Å². The predicted octanol–water partition coefficient (Wildman–Crippen LogP) is 4.06. The van der Waals surface area contributed by atoms with Gasteiger partial charge in [0.1, 0.15) is 10.8 Å². The first-order chi connectivity index (χ1) is 16.2. The summed E-state index contributed by atoms with van der Waals surface area (Å²) >= 11 is 5.87. The Balaban J connectivity index is 1.90. The average molecular weight is 465 g/mol. The minimum atomic E-state index is -2.60. The van der Waals surface area contributed by atoms with Crippen LogP contribution in [0.1, 0.15) is 5.56 Å². The Kier molecular flexibility index (Phi) is 5.87. The Bertz CT molecular complexity index is 1300. The largest absolute Gasteiger partial charge is 0.306 e. The number of hydrogen-bond acceptors (Lipinski definition) is 2. The van der Waals surface area contributed by atoms with Crippen LogP contribution >= 0.6 is 19.1 Å². The first kappa shape index (κ1) is 21.3. The fraction of sp³-hybridized carbons (Fsp3) is 0. The van der Waals surface area contributed by atoms with Gasteiger partial charge in [0.2, 0.25) is 0 Å². The van der Waals surface area contributed by atoms with E-state index in [4.69, 9.17) is 17.2 Å². The van der Waals surface area contributed by atoms with Crippen LogP contribution in [-0.4, -0.2) is 22.0 Å². The van der Waals surface area contributed by atoms with Crippen LogP contribution < -0.4 is 21.2 Å². The third kappa shape index (κ3) is 3.78. The molecule has 5 heteroatoms. The number of nitrogens with one attached hydrogen (secondary N) is 1. The summed E-state index contributed by atoms with van der Waals surface area (Å²) in [6, 6.07) is 40.2. The molecule has 0 radical (unpaired) electrons. The molecule has 1 aliphatic heterocycles. The van der Waals surface area contributed by atoms with E-state index < -0.39 is 6.89 Å². The second-order valence-corrected chi connectivity index (χ2v) is 11.3. The summed E-state index contributed by atoms with van der Waals surface area (Å²) in [5, 5.41) is 6.79. The molecule has 5 rings (SSSR count). The van der Waals surface area contributed by atoms with Crippen LogP contribution in [0.25, 0.3) is 0 Å². The van der Waals surface area contributed by atoms with Gasteiger partial charge in [-0.2, -0.15) is 0 Å². The van der Waals surface area contributed by atoms with Gasteiger partial charge in [-0.1, -0.05) is 134 Å². The molecule has 0 bridgehead atoms. The monoisotopic (exact) mass is 464 g/mol. The quantitative estimate of drug-likeness (QED) is 0.366. The lowest BCUT2D eigenvalue weighted by molar-refractivity contribution is -0.113. The summed E-state index contributed by atoms with van der Waals surface area (Å²) in [6.07, 6.45) is 0. The summed E-state index contributed by atoms with van der Waals surface area (Å²) in [4.78, 5) is 18.9. The number of hydrogen-bond donors (Lipinski definition) is 1. The Morgan fingerprint density at radius 1 is 0.606 bits per heavy atom. The molecule has 160 valence electrons. The smallest absolute Gasteiger partial charge is 0.260 e. The van der Waals surface area contributed by atoms with Crippen molar-refractivity contribution in [3.8, 4) is 0 Å². The zero-order valence-electron chi connectivity index (χ0n) is 17.8. The zero-order valence-corrected chi connectivity index (χ0v) is 19.5. The van der Waals surface area contributed by atoms with Crippen molar-refractivity contribution < 1.29 is 4.79 Å². The van der Waals surface area contributed by atoms with Gasteiger partial charge in [-0.3, -0.25) is 4.79 Å². The lowest BCUT2D eigenvalue weighted by Crippen LogP contribution is -2.48. The maximum absolute atomic E-state index is 13.9. The molecular formula is C28H21N2OPS. The summed E-state index contributed by atoms with van der Waals surface area (Å²) in [6.45, 7) is -2.60. The molecule has 1 N–H and O–H groups in total. The number of aliphatic imine (C=N–C) groups is 1. The molecule has 0 saturated heterocycles. The number of benzene rings is 4. The van der Waals surface area contributed by atoms with E-state index in [9.17, 15) is 4.79 Å². The summed E-state index contributed by atoms with van der Waals surface area (Å²) in [5.74, 6) is 0.292. The van der Waals surface area contributed by atoms with Gasteiger partial charge in [0.25, 0.3) is 5.91 Å². The van der Waals surface area contributed by atoms with Gasteiger partial charge in [-0.25, -0.2) is 4.99 Å². The van der Waals surface area contributed by atoms with E-state index in [2.05, 4.69) is 41.7 Å². The van der Waals surface area contributed by atoms with Crippen LogP contribution in [0.4, 0.5) is 0 Å². The minimum absolute atomic E-state index is 0.196. The fourth-order valence-corrected chi connectivity index (χ4v) is 9.08. The fourth-order valence-electron chi connectivity index (χ4n) is 4.26. The Hall–Kier alpha value is -3.59. The van der Waals surface area contributed by atoms with Crippen LogP contribution in [0.2, 0.25) is 0 Å². The lowest BCUT2D eigenvalue weighted by atomic mass is 10.2. The molecule has 4 aromatic rings. The molecular weight excluding hydrogens is 443 g/mol. The summed E-state index contributed by atoms with van der Waals surface area (Å²) in [5.41, 5.74) is 0.829. The number of rotatable bonds is 4. The second kappa shape index (κ2) is 9.11. The standard InChI is InChI=1S/C28H21N2OPS/c31-27-25(28(33)30-26(29-27)21-13-5-1-6-14-21)32(22-15-7-2-8-16-22,23-17-9-3-10-18-23)24-19-11-4-12-20-24/h1-20H,(H,29,30,31,33). The van der Waals surface area contributed by atoms with Gasteiger partial charge in [-0.05, 0) is 22.8 Å². The third-order valence-electron chi connectivity index (χ3n) is 5.68. The molecule has 1 amide bonds. The third-order valence-corrected chi connectivity index (χ3v) is 10.4. The highest BCUT2D eigenvalue weighted by Gasteiger charge is 2.37. The van der Waals surface area contributed by atoms with Gasteiger partial charge in [-0.15, -0.1) is 0 Å². The molecule has 0 aliphatic carbocycles. The number of amidine groups is 1. The van der Waals surface area contributed by atoms with Crippen molar-refractivity contribution in [2.45, 2.75) is 0 Å². The topological polar surface area (TPSA) is 41.5 Å². The van der Waals surface area contributed by atoms with Crippen LogP contribution in [0.3, 0.4) is 0 Å². The van der Waals surface area contributed by atoms with Crippen LogP contribution in [-0.2, 0) is 4.79 Å². The van der Waals surface area contributed by atoms with Crippen molar-refractivity contribution in [2.24, 2.45) is 4.99 Å². The van der Waals surface area contributed by atoms with E-state index in [1.54, 1.807) is 0 Å². The summed E-state index contributed by atoms with van der Waals surface area (Å²) in [7, 11) is 0. The van der Waals surface area contributed by atoms with Crippen molar-refractivity contribution in [1.82, 2.24) is 5.32 Å². The maximum Gasteiger partial charge on any atom is 0.260 e. The van der Waals surface area contributed by atoms with Gasteiger partial charge in [0.15, 0.2) is 0 Å². The molecule has 0 saturated carbocycles. The SMILES string of the molecule is O=C1NC(c2ccccc2)=NC(=S)C1=P(c1ccccc1)(c1ccccc1)c1ccccc1. The molecule has 4 aromatic carbocycles. The molecule has 33 heavy (non-hydrogen) atoms. The van der Waals surface area contributed by atoms with Gasteiger partial charge < -0.3 is 5.32 Å². The van der Waals surface area contributed by atoms with Crippen LogP contribution in [0, 0.1) is 0 Å². The molecule has 3 nitrogen and oxygen atoms in total. The highest BCUT2D eigenvalue weighted by atomic mass is 32.1. The molecule has 0 unspecified atom stereocenters. The number of thiocarbonyl (C=S) groups is 1. The normalized spacial score (nSPS) is 13.9. The Morgan fingerprint density at radius 2 is 1.00 bits per heavy atom. The highest BCUT2D eigenvalue weighted by Crippen LogP contribution is 2.47. The van der Waals surface area contributed by atoms with Crippen molar-refractivity contribution in [1.29, 1.82) is 0 Å². The van der Waals surface area contributed by atoms with E-state index in [-0.39, 0.29) is 5.91 Å². The predicted molar refractivity (Wildman–Crippen MR) is 144 cm³/mol. The van der Waals surface area contributed by atoms with E-state index in [0.29, 0.717) is 16.1 Å². The Labute approximate surface area is 198 Å². The van der Waals surface area contributed by atoms with Gasteiger partial charge in [0, 0.05) is 5.56 Å². The first-order valence-electron chi connectivity index (χ1n) is 10.6. The van der Waals surface area contributed by atoms with E-state index >= 15 is 0 Å². The van der Waals surface area contributed by atoms with E-state index in [0.717, 1.165) is 21.5 Å². The number of nitrogens with zero attached hydrogens (tertiary/aromatic N) is 1. The van der Waals surface area contributed by atoms with Gasteiger partial charge in [0.05, 0.1) is 5.29 Å². The molecule has 0 atom stereocenters. The molecule has 0 fully saturated rings. The van der Waals surface area contributed by atoms with Crippen LogP contribution in [0.5, 0.6) is 0 Å². The van der Waals surface area contributed by atoms with E-state index in [1.165, 1.54) is 0 Å². The minimum Gasteiger partial charge on any atom is -0.306 e. The lowest BCUT2D eigenvalue weighted by Gasteiger charge is -2.33. The highest BCUT2D eigenvalue weighted by molar-refractivity contribution is 8.00. The Morgan fingerprint density at radius 3 is 1.39 bits per heavy atom. The number of carbonyl (C=O) groups excluding carboxylic acids is 1. The first-order valence-corrected chi connectivity index (χ1v) is 12.8. The molecule has 1 aliphatic rings. The number of amides is 1. The van der Waals surface area contributed by atoms with Crippen LogP contribution in [0.15, 0.2) is 126 Å². The maximum atomic E-state index is 13.9. The van der Waals surface area contributed by atoms with Crippen molar-refractivity contribution in [3.63, 3.8) is 0 Å². The second-order valence-electron chi connectivity index (χ2n) is 7.61. The molecule has 0 aromatic heterocycles. The van der Waals surface area contributed by atoms with Gasteiger partial charge >= 0.3 is 0 Å². The zero-order chi connectivity index (χ0) is 22.7. The van der Waals surface area contributed by atoms with Crippen molar-refractivity contribution in [2.75, 3.05) is 0 Å². The molecule has 0 spiro atoms. The summed E-state index contributed by atoms with van der Waals surface area (Å²) < 4.78 is 0. The van der Waals surface area contributed by atoms with E-state index in [1.807, 2.05) is 84.9 Å². The van der Waals surface area contributed by atoms with Crippen molar-refractivity contribution >= 4 is 57.0 Å².